The molecule has 1 saturated carbocycles. The maximum Gasteiger partial charge on any atom is 0.270 e. The highest BCUT2D eigenvalue weighted by atomic mass is 35.7. The summed E-state index contributed by atoms with van der Waals surface area (Å²) in [7, 11) is 1.54. The first kappa shape index (κ1) is 13.8. The van der Waals surface area contributed by atoms with Gasteiger partial charge in [0.25, 0.3) is 9.05 Å². The lowest BCUT2D eigenvalue weighted by atomic mass is 10.3. The molecule has 0 bridgehead atoms. The van der Waals surface area contributed by atoms with Crippen molar-refractivity contribution < 1.29 is 13.2 Å². The van der Waals surface area contributed by atoms with Crippen LogP contribution < -0.4 is 5.32 Å². The fraction of sp³-hybridized carbons (Fsp3) is 0.545. The van der Waals surface area contributed by atoms with Gasteiger partial charge in [0, 0.05) is 21.6 Å². The zero-order chi connectivity index (χ0) is 13.3. The average Bonchev–Trinajstić information content (AvgIpc) is 2.81. The molecular weight excluding hydrogens is 294 g/mol. The number of amides is 1. The fourth-order valence-electron chi connectivity index (χ4n) is 1.88. The smallest absolute Gasteiger partial charge is 0.270 e. The number of halogens is 1. The van der Waals surface area contributed by atoms with E-state index in [0.717, 1.165) is 24.2 Å². The Labute approximate surface area is 115 Å². The Morgan fingerprint density at radius 3 is 2.78 bits per heavy atom. The Morgan fingerprint density at radius 1 is 1.56 bits per heavy atom. The molecule has 0 aromatic carbocycles. The van der Waals surface area contributed by atoms with Crippen molar-refractivity contribution in [2.75, 3.05) is 0 Å². The molecule has 1 aromatic rings. The normalized spacial score (nSPS) is 22.8. The molecule has 18 heavy (non-hydrogen) atoms. The average molecular weight is 308 g/mol. The lowest BCUT2D eigenvalue weighted by Gasteiger charge is -2.02. The van der Waals surface area contributed by atoms with E-state index in [1.54, 1.807) is 6.07 Å². The molecule has 1 fully saturated rings. The van der Waals surface area contributed by atoms with E-state index in [-0.39, 0.29) is 16.5 Å². The SMILES string of the molecule is CCC1CC1NC(=O)Cc1ccc(S(=O)(=O)Cl)s1. The molecular formula is C11H14ClNO3S2. The van der Waals surface area contributed by atoms with Gasteiger partial charge in [-0.25, -0.2) is 8.42 Å². The van der Waals surface area contributed by atoms with Gasteiger partial charge in [-0.05, 0) is 24.5 Å². The first-order valence-electron chi connectivity index (χ1n) is 5.73. The molecule has 1 aromatic heterocycles. The second-order valence-corrected chi connectivity index (χ2v) is 8.37. The highest BCUT2D eigenvalue weighted by Crippen LogP contribution is 2.33. The van der Waals surface area contributed by atoms with Gasteiger partial charge in [0.1, 0.15) is 4.21 Å². The Bertz CT molecular complexity index is 552. The number of hydrogen-bond donors (Lipinski definition) is 1. The van der Waals surface area contributed by atoms with Crippen LogP contribution >= 0.6 is 22.0 Å². The van der Waals surface area contributed by atoms with Gasteiger partial charge >= 0.3 is 0 Å². The van der Waals surface area contributed by atoms with E-state index in [0.29, 0.717) is 16.8 Å². The van der Waals surface area contributed by atoms with E-state index in [4.69, 9.17) is 10.7 Å². The summed E-state index contributed by atoms with van der Waals surface area (Å²) in [6.07, 6.45) is 2.34. The van der Waals surface area contributed by atoms with Crippen LogP contribution in [0.3, 0.4) is 0 Å². The van der Waals surface area contributed by atoms with Crippen LogP contribution in [0.2, 0.25) is 0 Å². The largest absolute Gasteiger partial charge is 0.353 e. The third kappa shape index (κ3) is 3.46. The van der Waals surface area contributed by atoms with E-state index in [2.05, 4.69) is 12.2 Å². The molecule has 100 valence electrons. The quantitative estimate of drug-likeness (QED) is 0.848. The van der Waals surface area contributed by atoms with E-state index >= 15 is 0 Å². The maximum atomic E-state index is 11.7. The second-order valence-electron chi connectivity index (χ2n) is 4.41. The van der Waals surface area contributed by atoms with Crippen LogP contribution in [0, 0.1) is 5.92 Å². The van der Waals surface area contributed by atoms with Crippen molar-refractivity contribution in [1.29, 1.82) is 0 Å². The van der Waals surface area contributed by atoms with E-state index in [9.17, 15) is 13.2 Å². The first-order chi connectivity index (χ1) is 8.40. The molecule has 0 spiro atoms. The molecule has 0 radical (unpaired) electrons. The molecule has 1 amide bonds. The zero-order valence-corrected chi connectivity index (χ0v) is 12.2. The summed E-state index contributed by atoms with van der Waals surface area (Å²) >= 11 is 1.04. The van der Waals surface area contributed by atoms with Gasteiger partial charge in [0.2, 0.25) is 5.91 Å². The van der Waals surface area contributed by atoms with E-state index in [1.807, 2.05) is 0 Å². The van der Waals surface area contributed by atoms with Crippen LogP contribution in [0.4, 0.5) is 0 Å². The Balaban J connectivity index is 1.90. The number of carbonyl (C=O) groups excluding carboxylic acids is 1. The number of hydrogen-bond acceptors (Lipinski definition) is 4. The van der Waals surface area contributed by atoms with Crippen molar-refractivity contribution in [2.24, 2.45) is 5.92 Å². The topological polar surface area (TPSA) is 63.2 Å². The minimum atomic E-state index is -3.68. The summed E-state index contributed by atoms with van der Waals surface area (Å²) < 4.78 is 22.2. The Kier molecular flexibility index (Phi) is 3.99. The van der Waals surface area contributed by atoms with Crippen molar-refractivity contribution in [2.45, 2.75) is 36.4 Å². The molecule has 1 aliphatic rings. The third-order valence-electron chi connectivity index (χ3n) is 3.01. The minimum absolute atomic E-state index is 0.0590. The van der Waals surface area contributed by atoms with Crippen LogP contribution in [-0.4, -0.2) is 20.4 Å². The lowest BCUT2D eigenvalue weighted by Crippen LogP contribution is -2.28. The van der Waals surface area contributed by atoms with Crippen molar-refractivity contribution in [3.05, 3.63) is 17.0 Å². The van der Waals surface area contributed by atoms with Gasteiger partial charge in [0.05, 0.1) is 6.42 Å². The van der Waals surface area contributed by atoms with Gasteiger partial charge in [-0.2, -0.15) is 0 Å². The molecule has 2 unspecified atom stereocenters. The number of nitrogens with one attached hydrogen (secondary N) is 1. The monoisotopic (exact) mass is 307 g/mol. The van der Waals surface area contributed by atoms with Crippen LogP contribution in [0.25, 0.3) is 0 Å². The van der Waals surface area contributed by atoms with Crippen molar-refractivity contribution in [1.82, 2.24) is 5.32 Å². The van der Waals surface area contributed by atoms with Crippen LogP contribution in [0.5, 0.6) is 0 Å². The Morgan fingerprint density at radius 2 is 2.28 bits per heavy atom. The van der Waals surface area contributed by atoms with Crippen molar-refractivity contribution in [3.63, 3.8) is 0 Å². The molecule has 1 heterocycles. The molecule has 0 aliphatic heterocycles. The summed E-state index contributed by atoms with van der Waals surface area (Å²) in [4.78, 5) is 12.4. The molecule has 4 nitrogen and oxygen atoms in total. The highest BCUT2D eigenvalue weighted by Gasteiger charge is 2.36. The standard InChI is InChI=1S/C11H14ClNO3S2/c1-2-7-5-9(7)13-10(14)6-8-3-4-11(17-8)18(12,15)16/h3-4,7,9H,2,5-6H2,1H3,(H,13,14). The third-order valence-corrected chi connectivity index (χ3v) is 6.18. The molecule has 2 rings (SSSR count). The summed E-state index contributed by atoms with van der Waals surface area (Å²) in [5.41, 5.74) is 0. The molecule has 1 aliphatic carbocycles. The predicted molar refractivity (Wildman–Crippen MR) is 71.4 cm³/mol. The maximum absolute atomic E-state index is 11.7. The molecule has 2 atom stereocenters. The van der Waals surface area contributed by atoms with Gasteiger partial charge in [-0.3, -0.25) is 4.79 Å². The van der Waals surface area contributed by atoms with Crippen LogP contribution in [0.1, 0.15) is 24.6 Å². The van der Waals surface area contributed by atoms with E-state index < -0.39 is 9.05 Å². The summed E-state index contributed by atoms with van der Waals surface area (Å²) in [6.45, 7) is 2.10. The minimum Gasteiger partial charge on any atom is -0.353 e. The van der Waals surface area contributed by atoms with Gasteiger partial charge in [0.15, 0.2) is 0 Å². The highest BCUT2D eigenvalue weighted by molar-refractivity contribution is 8.15. The predicted octanol–water partition coefficient (Wildman–Crippen LogP) is 2.13. The molecule has 1 N–H and O–H groups in total. The van der Waals surface area contributed by atoms with Crippen molar-refractivity contribution in [3.8, 4) is 0 Å². The van der Waals surface area contributed by atoms with Gasteiger partial charge in [-0.1, -0.05) is 13.3 Å². The number of rotatable bonds is 5. The Hall–Kier alpha value is -0.590. The number of carbonyl (C=O) groups is 1. The molecule has 0 saturated heterocycles. The summed E-state index contributed by atoms with van der Waals surface area (Å²) in [5, 5.41) is 2.94. The van der Waals surface area contributed by atoms with E-state index in [1.165, 1.54) is 6.07 Å². The lowest BCUT2D eigenvalue weighted by molar-refractivity contribution is -0.120. The zero-order valence-electron chi connectivity index (χ0n) is 9.85. The van der Waals surface area contributed by atoms with Gasteiger partial charge < -0.3 is 5.32 Å². The van der Waals surface area contributed by atoms with Gasteiger partial charge in [-0.15, -0.1) is 11.3 Å². The first-order valence-corrected chi connectivity index (χ1v) is 8.85. The van der Waals surface area contributed by atoms with Crippen LogP contribution in [-0.2, 0) is 20.3 Å². The summed E-state index contributed by atoms with van der Waals surface area (Å²) in [5.74, 6) is 0.549. The van der Waals surface area contributed by atoms with Crippen LogP contribution in [0.15, 0.2) is 16.3 Å². The molecule has 7 heteroatoms. The van der Waals surface area contributed by atoms with Crippen molar-refractivity contribution >= 4 is 37.0 Å². The summed E-state index contributed by atoms with van der Waals surface area (Å²) in [6, 6.07) is 3.37. The number of thiophene rings is 1. The second kappa shape index (κ2) is 5.19. The fourth-order valence-corrected chi connectivity index (χ4v) is 4.00.